The average molecular weight is 309 g/mol. The lowest BCUT2D eigenvalue weighted by molar-refractivity contribution is 0.0999. The van der Waals surface area contributed by atoms with Gasteiger partial charge in [-0.15, -0.1) is 0 Å². The smallest absolute Gasteiger partial charge is 0.249 e. The van der Waals surface area contributed by atoms with Crippen molar-refractivity contribution in [2.75, 3.05) is 11.4 Å². The van der Waals surface area contributed by atoms with Crippen molar-refractivity contribution in [1.29, 1.82) is 0 Å². The lowest BCUT2D eigenvalue weighted by atomic mass is 9.95. The number of primary amides is 1. The van der Waals surface area contributed by atoms with Crippen molar-refractivity contribution in [1.82, 2.24) is 4.98 Å². The number of anilines is 1. The number of hydrogen-bond acceptors (Lipinski definition) is 4. The van der Waals surface area contributed by atoms with Gasteiger partial charge in [0.1, 0.15) is 0 Å². The maximum atomic E-state index is 11.6. The van der Waals surface area contributed by atoms with Crippen LogP contribution in [0.2, 0.25) is 0 Å². The molecule has 0 aliphatic carbocycles. The summed E-state index contributed by atoms with van der Waals surface area (Å²) in [4.78, 5) is 18.6. The van der Waals surface area contributed by atoms with Crippen molar-refractivity contribution in [3.63, 3.8) is 0 Å². The van der Waals surface area contributed by atoms with Gasteiger partial charge in [-0.3, -0.25) is 4.79 Å². The predicted molar refractivity (Wildman–Crippen MR) is 89.3 cm³/mol. The normalized spacial score (nSPS) is 14.1. The molecule has 0 fully saturated rings. The second-order valence-corrected chi connectivity index (χ2v) is 6.45. The van der Waals surface area contributed by atoms with Gasteiger partial charge in [0.25, 0.3) is 0 Å². The van der Waals surface area contributed by atoms with Crippen LogP contribution in [0, 0.1) is 0 Å². The van der Waals surface area contributed by atoms with Gasteiger partial charge in [0, 0.05) is 18.7 Å². The quantitative estimate of drug-likeness (QED) is 0.792. The summed E-state index contributed by atoms with van der Waals surface area (Å²) >= 11 is 1.69. The van der Waals surface area contributed by atoms with Crippen molar-refractivity contribution < 1.29 is 4.79 Å². The SMILES string of the molecule is NC(=O)c1cccc2c1CN(c1nc3ccccc3s1)CC2. The van der Waals surface area contributed by atoms with Gasteiger partial charge in [0.15, 0.2) is 5.13 Å². The highest BCUT2D eigenvalue weighted by atomic mass is 32.1. The summed E-state index contributed by atoms with van der Waals surface area (Å²) in [5, 5.41) is 1.01. The van der Waals surface area contributed by atoms with Gasteiger partial charge < -0.3 is 10.6 Å². The van der Waals surface area contributed by atoms with Crippen molar-refractivity contribution in [2.24, 2.45) is 5.73 Å². The summed E-state index contributed by atoms with van der Waals surface area (Å²) in [7, 11) is 0. The number of nitrogens with zero attached hydrogens (tertiary/aromatic N) is 2. The Bertz CT molecular complexity index is 838. The van der Waals surface area contributed by atoms with E-state index in [1.165, 1.54) is 10.3 Å². The van der Waals surface area contributed by atoms with Gasteiger partial charge in [-0.25, -0.2) is 4.98 Å². The van der Waals surface area contributed by atoms with Gasteiger partial charge in [0.05, 0.1) is 10.2 Å². The number of rotatable bonds is 2. The largest absolute Gasteiger partial charge is 0.366 e. The first kappa shape index (κ1) is 13.3. The number of amides is 1. The average Bonchev–Trinajstić information content (AvgIpc) is 2.97. The van der Waals surface area contributed by atoms with Gasteiger partial charge >= 0.3 is 0 Å². The first-order valence-electron chi connectivity index (χ1n) is 7.23. The molecule has 3 aromatic rings. The summed E-state index contributed by atoms with van der Waals surface area (Å²) in [5.41, 5.74) is 9.42. The molecule has 0 saturated carbocycles. The number of carbonyl (C=O) groups is 1. The van der Waals surface area contributed by atoms with Crippen molar-refractivity contribution in [3.05, 3.63) is 59.2 Å². The van der Waals surface area contributed by atoms with E-state index >= 15 is 0 Å². The molecule has 0 saturated heterocycles. The molecule has 110 valence electrons. The standard InChI is InChI=1S/C17H15N3OS/c18-16(21)12-5-3-4-11-8-9-20(10-13(11)12)17-19-14-6-1-2-7-15(14)22-17/h1-7H,8-10H2,(H2,18,21). The van der Waals surface area contributed by atoms with Crippen LogP contribution in [0.4, 0.5) is 5.13 Å². The maximum absolute atomic E-state index is 11.6. The third kappa shape index (κ3) is 2.14. The fourth-order valence-corrected chi connectivity index (χ4v) is 3.96. The number of hydrogen-bond donors (Lipinski definition) is 1. The molecule has 4 nitrogen and oxygen atoms in total. The van der Waals surface area contributed by atoms with E-state index in [-0.39, 0.29) is 5.91 Å². The molecule has 0 spiro atoms. The molecule has 22 heavy (non-hydrogen) atoms. The van der Waals surface area contributed by atoms with Crippen LogP contribution in [0.15, 0.2) is 42.5 Å². The summed E-state index contributed by atoms with van der Waals surface area (Å²) in [5.74, 6) is -0.358. The molecule has 0 radical (unpaired) electrons. The molecule has 4 rings (SSSR count). The third-order valence-electron chi connectivity index (χ3n) is 4.09. The van der Waals surface area contributed by atoms with E-state index in [4.69, 9.17) is 10.7 Å². The maximum Gasteiger partial charge on any atom is 0.249 e. The molecule has 0 bridgehead atoms. The monoisotopic (exact) mass is 309 g/mol. The van der Waals surface area contributed by atoms with Crippen LogP contribution in [0.1, 0.15) is 21.5 Å². The predicted octanol–water partition coefficient (Wildman–Crippen LogP) is 2.96. The first-order valence-corrected chi connectivity index (χ1v) is 8.05. The summed E-state index contributed by atoms with van der Waals surface area (Å²) in [6, 6.07) is 13.9. The van der Waals surface area contributed by atoms with Gasteiger partial charge in [-0.2, -0.15) is 0 Å². The zero-order valence-electron chi connectivity index (χ0n) is 12.0. The van der Waals surface area contributed by atoms with Crippen LogP contribution in [0.3, 0.4) is 0 Å². The zero-order chi connectivity index (χ0) is 15.1. The number of thiazole rings is 1. The summed E-state index contributed by atoms with van der Waals surface area (Å²) in [6.07, 6.45) is 0.909. The summed E-state index contributed by atoms with van der Waals surface area (Å²) < 4.78 is 1.19. The highest BCUT2D eigenvalue weighted by Crippen LogP contribution is 2.32. The summed E-state index contributed by atoms with van der Waals surface area (Å²) in [6.45, 7) is 1.60. The molecule has 1 aromatic heterocycles. The third-order valence-corrected chi connectivity index (χ3v) is 5.19. The Balaban J connectivity index is 1.73. The highest BCUT2D eigenvalue weighted by molar-refractivity contribution is 7.22. The number of para-hydroxylation sites is 1. The Hall–Kier alpha value is -2.40. The molecule has 1 aliphatic rings. The molecular formula is C17H15N3OS. The second-order valence-electron chi connectivity index (χ2n) is 5.44. The first-order chi connectivity index (χ1) is 10.7. The van der Waals surface area contributed by atoms with E-state index in [0.29, 0.717) is 12.1 Å². The topological polar surface area (TPSA) is 59.2 Å². The molecule has 0 atom stereocenters. The van der Waals surface area contributed by atoms with E-state index < -0.39 is 0 Å². The minimum absolute atomic E-state index is 0.358. The minimum atomic E-state index is -0.358. The zero-order valence-corrected chi connectivity index (χ0v) is 12.8. The number of carbonyl (C=O) groups excluding carboxylic acids is 1. The van der Waals surface area contributed by atoms with E-state index in [9.17, 15) is 4.79 Å². The Morgan fingerprint density at radius 3 is 2.86 bits per heavy atom. The molecule has 0 unspecified atom stereocenters. The number of nitrogens with two attached hydrogens (primary N) is 1. The van der Waals surface area contributed by atoms with E-state index in [2.05, 4.69) is 17.0 Å². The number of fused-ring (bicyclic) bond motifs is 2. The number of aromatic nitrogens is 1. The van der Waals surface area contributed by atoms with Crippen LogP contribution in [-0.2, 0) is 13.0 Å². The van der Waals surface area contributed by atoms with Gasteiger partial charge in [0.2, 0.25) is 5.91 Å². The minimum Gasteiger partial charge on any atom is -0.366 e. The van der Waals surface area contributed by atoms with Crippen LogP contribution in [-0.4, -0.2) is 17.4 Å². The lowest BCUT2D eigenvalue weighted by Gasteiger charge is -2.29. The Labute approximate surface area is 132 Å². The fraction of sp³-hybridized carbons (Fsp3) is 0.176. The Morgan fingerprint density at radius 1 is 1.18 bits per heavy atom. The molecule has 1 amide bonds. The number of benzene rings is 2. The van der Waals surface area contributed by atoms with Crippen molar-refractivity contribution >= 4 is 32.6 Å². The van der Waals surface area contributed by atoms with Crippen LogP contribution >= 0.6 is 11.3 Å². The van der Waals surface area contributed by atoms with Gasteiger partial charge in [-0.05, 0) is 35.7 Å². The molecule has 2 aromatic carbocycles. The molecule has 5 heteroatoms. The van der Waals surface area contributed by atoms with Crippen molar-refractivity contribution in [3.8, 4) is 0 Å². The molecular weight excluding hydrogens is 294 g/mol. The van der Waals surface area contributed by atoms with E-state index in [0.717, 1.165) is 29.2 Å². The second kappa shape index (κ2) is 5.10. The van der Waals surface area contributed by atoms with Crippen molar-refractivity contribution in [2.45, 2.75) is 13.0 Å². The van der Waals surface area contributed by atoms with Crippen LogP contribution in [0.5, 0.6) is 0 Å². The Kier molecular flexibility index (Phi) is 3.08. The molecule has 1 aliphatic heterocycles. The van der Waals surface area contributed by atoms with Crippen LogP contribution in [0.25, 0.3) is 10.2 Å². The van der Waals surface area contributed by atoms with Crippen LogP contribution < -0.4 is 10.6 Å². The Morgan fingerprint density at radius 2 is 2.05 bits per heavy atom. The molecule has 2 N–H and O–H groups in total. The van der Waals surface area contributed by atoms with Gasteiger partial charge in [-0.1, -0.05) is 35.6 Å². The van der Waals surface area contributed by atoms with E-state index in [1.807, 2.05) is 30.3 Å². The highest BCUT2D eigenvalue weighted by Gasteiger charge is 2.22. The molecule has 2 heterocycles. The van der Waals surface area contributed by atoms with E-state index in [1.54, 1.807) is 11.3 Å². The lowest BCUT2D eigenvalue weighted by Crippen LogP contribution is -2.32. The fourth-order valence-electron chi connectivity index (χ4n) is 2.97.